The van der Waals surface area contributed by atoms with Gasteiger partial charge in [0.1, 0.15) is 16.7 Å². The van der Waals surface area contributed by atoms with Crippen LogP contribution in [0.3, 0.4) is 0 Å². The second kappa shape index (κ2) is 5.98. The van der Waals surface area contributed by atoms with Crippen LogP contribution in [0.5, 0.6) is 5.75 Å². The summed E-state index contributed by atoms with van der Waals surface area (Å²) in [5.41, 5.74) is 3.03. The third-order valence-electron chi connectivity index (χ3n) is 2.37. The molecule has 0 aliphatic heterocycles. The Labute approximate surface area is 114 Å². The van der Waals surface area contributed by atoms with Gasteiger partial charge in [-0.1, -0.05) is 0 Å². The van der Waals surface area contributed by atoms with Crippen molar-refractivity contribution in [3.8, 4) is 11.8 Å². The smallest absolute Gasteiger partial charge is 0.267 e. The molecule has 0 saturated carbocycles. The monoisotopic (exact) mass is 273 g/mol. The van der Waals surface area contributed by atoms with Crippen LogP contribution in [0.2, 0.25) is 0 Å². The van der Waals surface area contributed by atoms with E-state index in [1.54, 1.807) is 36.7 Å². The molecular weight excluding hydrogens is 262 g/mol. The number of nitrogens with one attached hydrogen (secondary N) is 1. The molecule has 0 aliphatic rings. The number of carbonyl (C=O) groups is 1. The van der Waals surface area contributed by atoms with Crippen LogP contribution < -0.4 is 10.1 Å². The molecule has 1 aromatic carbocycles. The Morgan fingerprint density at radius 1 is 1.47 bits per heavy atom. The lowest BCUT2D eigenvalue weighted by molar-refractivity contribution is 0.103. The highest BCUT2D eigenvalue weighted by Gasteiger charge is 2.11. The molecule has 1 N–H and O–H groups in total. The Morgan fingerprint density at radius 3 is 2.79 bits per heavy atom. The highest BCUT2D eigenvalue weighted by atomic mass is 32.1. The van der Waals surface area contributed by atoms with Crippen LogP contribution >= 0.6 is 11.3 Å². The van der Waals surface area contributed by atoms with Crippen LogP contribution in [-0.2, 0) is 0 Å². The van der Waals surface area contributed by atoms with E-state index in [0.717, 1.165) is 5.69 Å². The van der Waals surface area contributed by atoms with Crippen molar-refractivity contribution in [2.24, 2.45) is 0 Å². The molecular formula is C13H11N3O2S. The third-order valence-corrected chi connectivity index (χ3v) is 3.29. The maximum Gasteiger partial charge on any atom is 0.267 e. The highest BCUT2D eigenvalue weighted by molar-refractivity contribution is 7.12. The molecule has 1 amide bonds. The lowest BCUT2D eigenvalue weighted by Crippen LogP contribution is -2.11. The Bertz CT molecular complexity index is 614. The van der Waals surface area contributed by atoms with Crippen LogP contribution in [0.25, 0.3) is 0 Å². The van der Waals surface area contributed by atoms with Crippen molar-refractivity contribution < 1.29 is 9.53 Å². The standard InChI is InChI=1S/C13H11N3O2S/c1-9-12(19-8-15-9)13(17)16-10-2-4-11(5-3-10)18-7-6-14/h2-5,8H,7H2,1H3,(H,16,17). The molecule has 6 heteroatoms. The highest BCUT2D eigenvalue weighted by Crippen LogP contribution is 2.18. The summed E-state index contributed by atoms with van der Waals surface area (Å²) in [6.07, 6.45) is 0. The molecule has 0 spiro atoms. The van der Waals surface area contributed by atoms with E-state index in [0.29, 0.717) is 16.3 Å². The first kappa shape index (κ1) is 13.1. The summed E-state index contributed by atoms with van der Waals surface area (Å²) in [6, 6.07) is 8.74. The van der Waals surface area contributed by atoms with Gasteiger partial charge in [-0.15, -0.1) is 11.3 Å². The molecule has 0 saturated heterocycles. The van der Waals surface area contributed by atoms with E-state index in [1.165, 1.54) is 11.3 Å². The van der Waals surface area contributed by atoms with E-state index in [4.69, 9.17) is 10.00 Å². The van der Waals surface area contributed by atoms with E-state index in [-0.39, 0.29) is 12.5 Å². The zero-order chi connectivity index (χ0) is 13.7. The molecule has 1 heterocycles. The van der Waals surface area contributed by atoms with E-state index < -0.39 is 0 Å². The first-order valence-electron chi connectivity index (χ1n) is 5.52. The van der Waals surface area contributed by atoms with Gasteiger partial charge in [0.25, 0.3) is 5.91 Å². The molecule has 0 fully saturated rings. The van der Waals surface area contributed by atoms with Crippen LogP contribution in [-0.4, -0.2) is 17.5 Å². The first-order valence-corrected chi connectivity index (χ1v) is 6.40. The normalized spacial score (nSPS) is 9.68. The molecule has 2 rings (SSSR count). The zero-order valence-electron chi connectivity index (χ0n) is 10.2. The first-order chi connectivity index (χ1) is 9.20. The number of benzene rings is 1. The average Bonchev–Trinajstić information content (AvgIpc) is 2.84. The molecule has 2 aromatic rings. The molecule has 19 heavy (non-hydrogen) atoms. The van der Waals surface area contributed by atoms with Crippen LogP contribution in [0.15, 0.2) is 29.8 Å². The number of anilines is 1. The van der Waals surface area contributed by atoms with Crippen molar-refractivity contribution in [2.75, 3.05) is 11.9 Å². The van der Waals surface area contributed by atoms with Gasteiger partial charge >= 0.3 is 0 Å². The van der Waals surface area contributed by atoms with Crippen molar-refractivity contribution in [3.05, 3.63) is 40.3 Å². The van der Waals surface area contributed by atoms with Gasteiger partial charge in [0.15, 0.2) is 6.61 Å². The summed E-state index contributed by atoms with van der Waals surface area (Å²) in [5, 5.41) is 11.2. The second-order valence-corrected chi connectivity index (χ2v) is 4.55. The number of hydrogen-bond donors (Lipinski definition) is 1. The molecule has 1 aromatic heterocycles. The van der Waals surface area contributed by atoms with Crippen LogP contribution in [0.4, 0.5) is 5.69 Å². The number of amides is 1. The SMILES string of the molecule is Cc1ncsc1C(=O)Nc1ccc(OCC#N)cc1. The number of nitrogens with zero attached hydrogens (tertiary/aromatic N) is 2. The Balaban J connectivity index is 2.02. The summed E-state index contributed by atoms with van der Waals surface area (Å²) in [7, 11) is 0. The van der Waals surface area contributed by atoms with Crippen molar-refractivity contribution in [1.29, 1.82) is 5.26 Å². The number of hydrogen-bond acceptors (Lipinski definition) is 5. The molecule has 0 unspecified atom stereocenters. The lowest BCUT2D eigenvalue weighted by Gasteiger charge is -2.05. The van der Waals surface area contributed by atoms with E-state index in [2.05, 4.69) is 10.3 Å². The average molecular weight is 273 g/mol. The molecule has 0 aliphatic carbocycles. The summed E-state index contributed by atoms with van der Waals surface area (Å²) < 4.78 is 5.12. The minimum atomic E-state index is -0.175. The second-order valence-electron chi connectivity index (χ2n) is 3.69. The maximum atomic E-state index is 11.9. The number of aromatic nitrogens is 1. The van der Waals surface area contributed by atoms with Gasteiger partial charge in [-0.05, 0) is 31.2 Å². The minimum absolute atomic E-state index is 0.00572. The van der Waals surface area contributed by atoms with Gasteiger partial charge < -0.3 is 10.1 Å². The quantitative estimate of drug-likeness (QED) is 0.929. The van der Waals surface area contributed by atoms with Crippen LogP contribution in [0.1, 0.15) is 15.4 Å². The van der Waals surface area contributed by atoms with Crippen LogP contribution in [0, 0.1) is 18.3 Å². The number of ether oxygens (including phenoxy) is 1. The number of carbonyl (C=O) groups excluding carboxylic acids is 1. The summed E-state index contributed by atoms with van der Waals surface area (Å²) in [4.78, 5) is 16.6. The molecule has 0 atom stereocenters. The molecule has 5 nitrogen and oxygen atoms in total. The lowest BCUT2D eigenvalue weighted by atomic mass is 10.3. The minimum Gasteiger partial charge on any atom is -0.479 e. The Kier molecular flexibility index (Phi) is 4.11. The number of rotatable bonds is 4. The van der Waals surface area contributed by atoms with E-state index in [1.807, 2.05) is 6.07 Å². The largest absolute Gasteiger partial charge is 0.479 e. The summed E-state index contributed by atoms with van der Waals surface area (Å²) in [5.74, 6) is 0.416. The van der Waals surface area contributed by atoms with E-state index >= 15 is 0 Å². The third kappa shape index (κ3) is 3.30. The Morgan fingerprint density at radius 2 is 2.21 bits per heavy atom. The summed E-state index contributed by atoms with van der Waals surface area (Å²) in [6.45, 7) is 1.80. The fourth-order valence-electron chi connectivity index (χ4n) is 1.46. The van der Waals surface area contributed by atoms with Gasteiger partial charge in [0.05, 0.1) is 11.2 Å². The van der Waals surface area contributed by atoms with Crippen molar-refractivity contribution >= 4 is 22.9 Å². The predicted molar refractivity (Wildman–Crippen MR) is 72.4 cm³/mol. The topological polar surface area (TPSA) is 75.0 Å². The summed E-state index contributed by atoms with van der Waals surface area (Å²) >= 11 is 1.31. The molecule has 96 valence electrons. The predicted octanol–water partition coefficient (Wildman–Crippen LogP) is 2.61. The van der Waals surface area contributed by atoms with Gasteiger partial charge in [-0.25, -0.2) is 4.98 Å². The van der Waals surface area contributed by atoms with Crippen molar-refractivity contribution in [1.82, 2.24) is 4.98 Å². The van der Waals surface area contributed by atoms with Gasteiger partial charge in [-0.2, -0.15) is 5.26 Å². The Hall–Kier alpha value is -2.39. The van der Waals surface area contributed by atoms with Gasteiger partial charge in [-0.3, -0.25) is 4.79 Å². The molecule has 0 radical (unpaired) electrons. The van der Waals surface area contributed by atoms with Crippen molar-refractivity contribution in [2.45, 2.75) is 6.92 Å². The zero-order valence-corrected chi connectivity index (χ0v) is 11.0. The number of aryl methyl sites for hydroxylation is 1. The van der Waals surface area contributed by atoms with Gasteiger partial charge in [0, 0.05) is 5.69 Å². The van der Waals surface area contributed by atoms with E-state index in [9.17, 15) is 4.79 Å². The number of thiazole rings is 1. The maximum absolute atomic E-state index is 11.9. The van der Waals surface area contributed by atoms with Gasteiger partial charge in [0.2, 0.25) is 0 Å². The fraction of sp³-hybridized carbons (Fsp3) is 0.154. The van der Waals surface area contributed by atoms with Crippen molar-refractivity contribution in [3.63, 3.8) is 0 Å². The number of nitriles is 1. The fourth-order valence-corrected chi connectivity index (χ4v) is 2.16. The molecule has 0 bridgehead atoms.